The summed E-state index contributed by atoms with van der Waals surface area (Å²) in [5, 5.41) is 19.4. The second-order valence-electron chi connectivity index (χ2n) is 4.03. The molecule has 0 spiro atoms. The Morgan fingerprint density at radius 3 is 2.50 bits per heavy atom. The Labute approximate surface area is 121 Å². The van der Waals surface area contributed by atoms with E-state index in [4.69, 9.17) is 0 Å². The standard InChI is InChI=1S/C12H12BrF3O4/c1-20-10(18)5-9(17)11(19)6-2-3-8(13)7(4-6)12(14,15)16/h2-4,9,11,17,19H,5H2,1H3. The van der Waals surface area contributed by atoms with Crippen molar-refractivity contribution in [2.75, 3.05) is 7.11 Å². The minimum atomic E-state index is -4.60. The first kappa shape index (κ1) is 16.9. The van der Waals surface area contributed by atoms with Gasteiger partial charge in [0.25, 0.3) is 0 Å². The lowest BCUT2D eigenvalue weighted by atomic mass is 10.00. The normalized spacial score (nSPS) is 14.8. The molecule has 0 amide bonds. The number of esters is 1. The second kappa shape index (κ2) is 6.55. The Morgan fingerprint density at radius 1 is 1.40 bits per heavy atom. The average Bonchev–Trinajstić information content (AvgIpc) is 2.36. The molecule has 1 aromatic rings. The van der Waals surface area contributed by atoms with E-state index in [2.05, 4.69) is 20.7 Å². The quantitative estimate of drug-likeness (QED) is 0.813. The number of aliphatic hydroxyl groups is 2. The van der Waals surface area contributed by atoms with Crippen LogP contribution in [0.25, 0.3) is 0 Å². The van der Waals surface area contributed by atoms with Gasteiger partial charge in [-0.25, -0.2) is 0 Å². The molecule has 0 bridgehead atoms. The van der Waals surface area contributed by atoms with Gasteiger partial charge in [-0.1, -0.05) is 22.0 Å². The summed E-state index contributed by atoms with van der Waals surface area (Å²) in [5.41, 5.74) is -1.11. The summed E-state index contributed by atoms with van der Waals surface area (Å²) in [6, 6.07) is 3.06. The molecule has 0 fully saturated rings. The number of hydrogen-bond acceptors (Lipinski definition) is 4. The molecule has 2 atom stereocenters. The van der Waals surface area contributed by atoms with Gasteiger partial charge >= 0.3 is 12.1 Å². The van der Waals surface area contributed by atoms with E-state index in [0.717, 1.165) is 19.2 Å². The maximum atomic E-state index is 12.7. The number of carbonyl (C=O) groups is 1. The summed E-state index contributed by atoms with van der Waals surface area (Å²) in [7, 11) is 1.10. The molecule has 8 heteroatoms. The van der Waals surface area contributed by atoms with E-state index in [-0.39, 0.29) is 10.0 Å². The van der Waals surface area contributed by atoms with E-state index in [0.29, 0.717) is 0 Å². The molecule has 0 aliphatic heterocycles. The summed E-state index contributed by atoms with van der Waals surface area (Å²) in [5.74, 6) is -0.773. The Bertz CT molecular complexity index is 490. The van der Waals surface area contributed by atoms with Gasteiger partial charge in [-0.2, -0.15) is 13.2 Å². The van der Waals surface area contributed by atoms with Gasteiger partial charge in [0.1, 0.15) is 6.10 Å². The molecule has 20 heavy (non-hydrogen) atoms. The van der Waals surface area contributed by atoms with Crippen LogP contribution in [0.2, 0.25) is 0 Å². The molecule has 1 rings (SSSR count). The number of halogens is 4. The Morgan fingerprint density at radius 2 is 2.00 bits per heavy atom. The van der Waals surface area contributed by atoms with Crippen LogP contribution in [0.5, 0.6) is 0 Å². The summed E-state index contributed by atoms with van der Waals surface area (Å²) in [6.07, 6.45) is -8.29. The van der Waals surface area contributed by atoms with Crippen LogP contribution >= 0.6 is 15.9 Å². The third kappa shape index (κ3) is 4.19. The van der Waals surface area contributed by atoms with Gasteiger partial charge in [0.2, 0.25) is 0 Å². The fourth-order valence-corrected chi connectivity index (χ4v) is 2.00. The largest absolute Gasteiger partial charge is 0.469 e. The molecule has 0 aliphatic rings. The van der Waals surface area contributed by atoms with E-state index < -0.39 is 36.3 Å². The number of aliphatic hydroxyl groups excluding tert-OH is 2. The first-order chi connectivity index (χ1) is 9.16. The minimum absolute atomic E-state index is 0.142. The molecule has 2 N–H and O–H groups in total. The van der Waals surface area contributed by atoms with Crippen LogP contribution in [-0.2, 0) is 15.7 Å². The molecule has 0 saturated heterocycles. The van der Waals surface area contributed by atoms with Crippen LogP contribution in [0.1, 0.15) is 23.7 Å². The van der Waals surface area contributed by atoms with Crippen molar-refractivity contribution in [3.05, 3.63) is 33.8 Å². The van der Waals surface area contributed by atoms with Crippen molar-refractivity contribution in [2.45, 2.75) is 24.8 Å². The van der Waals surface area contributed by atoms with Gasteiger partial charge in [0, 0.05) is 4.47 Å². The highest BCUT2D eigenvalue weighted by molar-refractivity contribution is 9.10. The molecular weight excluding hydrogens is 345 g/mol. The minimum Gasteiger partial charge on any atom is -0.469 e. The van der Waals surface area contributed by atoms with E-state index in [1.807, 2.05) is 0 Å². The number of benzene rings is 1. The number of alkyl halides is 3. The SMILES string of the molecule is COC(=O)CC(O)C(O)c1ccc(Br)c(C(F)(F)F)c1. The molecule has 0 radical (unpaired) electrons. The average molecular weight is 357 g/mol. The van der Waals surface area contributed by atoms with Crippen molar-refractivity contribution in [3.8, 4) is 0 Å². The number of methoxy groups -OCH3 is 1. The van der Waals surface area contributed by atoms with Crippen molar-refractivity contribution in [2.24, 2.45) is 0 Å². The summed E-state index contributed by atoms with van der Waals surface area (Å²) >= 11 is 2.77. The van der Waals surface area contributed by atoms with Crippen molar-refractivity contribution in [1.29, 1.82) is 0 Å². The van der Waals surface area contributed by atoms with Gasteiger partial charge in [-0.05, 0) is 17.7 Å². The zero-order valence-corrected chi connectivity index (χ0v) is 11.9. The van der Waals surface area contributed by atoms with E-state index >= 15 is 0 Å². The highest BCUT2D eigenvalue weighted by atomic mass is 79.9. The Hall–Kier alpha value is -1.12. The van der Waals surface area contributed by atoms with Gasteiger partial charge in [0.05, 0.1) is 25.2 Å². The first-order valence-corrected chi connectivity index (χ1v) is 6.25. The van der Waals surface area contributed by atoms with Gasteiger partial charge < -0.3 is 14.9 Å². The van der Waals surface area contributed by atoms with Crippen LogP contribution in [0.3, 0.4) is 0 Å². The molecule has 0 aromatic heterocycles. The van der Waals surface area contributed by atoms with Crippen molar-refractivity contribution in [1.82, 2.24) is 0 Å². The summed E-state index contributed by atoms with van der Waals surface area (Å²) in [4.78, 5) is 11.0. The Kier molecular flexibility index (Phi) is 5.55. The zero-order chi connectivity index (χ0) is 15.5. The first-order valence-electron chi connectivity index (χ1n) is 5.46. The lowest BCUT2D eigenvalue weighted by molar-refractivity contribution is -0.145. The van der Waals surface area contributed by atoms with Crippen molar-refractivity contribution in [3.63, 3.8) is 0 Å². The highest BCUT2D eigenvalue weighted by Crippen LogP contribution is 2.36. The smallest absolute Gasteiger partial charge is 0.417 e. The molecule has 0 aliphatic carbocycles. The lowest BCUT2D eigenvalue weighted by Crippen LogP contribution is -2.23. The van der Waals surface area contributed by atoms with Crippen molar-refractivity contribution >= 4 is 21.9 Å². The predicted molar refractivity (Wildman–Crippen MR) is 66.7 cm³/mol. The van der Waals surface area contributed by atoms with Crippen LogP contribution in [-0.4, -0.2) is 29.4 Å². The number of carbonyl (C=O) groups excluding carboxylic acids is 1. The van der Waals surface area contributed by atoms with Crippen LogP contribution in [0.15, 0.2) is 22.7 Å². The zero-order valence-electron chi connectivity index (χ0n) is 10.3. The maximum Gasteiger partial charge on any atom is 0.417 e. The molecule has 2 unspecified atom stereocenters. The van der Waals surface area contributed by atoms with Crippen molar-refractivity contribution < 1.29 is 32.9 Å². The summed E-state index contributed by atoms with van der Waals surface area (Å²) in [6.45, 7) is 0. The fourth-order valence-electron chi connectivity index (χ4n) is 1.53. The summed E-state index contributed by atoms with van der Waals surface area (Å²) < 4.78 is 42.3. The molecule has 112 valence electrons. The topological polar surface area (TPSA) is 66.8 Å². The third-order valence-electron chi connectivity index (χ3n) is 2.61. The van der Waals surface area contributed by atoms with Gasteiger partial charge in [-0.3, -0.25) is 4.79 Å². The maximum absolute atomic E-state index is 12.7. The van der Waals surface area contributed by atoms with Crippen LogP contribution < -0.4 is 0 Å². The molecule has 0 saturated carbocycles. The molecule has 4 nitrogen and oxygen atoms in total. The molecular formula is C12H12BrF3O4. The fraction of sp³-hybridized carbons (Fsp3) is 0.417. The highest BCUT2D eigenvalue weighted by Gasteiger charge is 2.34. The predicted octanol–water partition coefficient (Wildman–Crippen LogP) is 2.43. The van der Waals surface area contributed by atoms with E-state index in [1.165, 1.54) is 6.07 Å². The van der Waals surface area contributed by atoms with Crippen LogP contribution in [0, 0.1) is 0 Å². The Balaban J connectivity index is 2.99. The third-order valence-corrected chi connectivity index (χ3v) is 3.30. The molecule has 1 aromatic carbocycles. The number of ether oxygens (including phenoxy) is 1. The van der Waals surface area contributed by atoms with Gasteiger partial charge in [0.15, 0.2) is 0 Å². The van der Waals surface area contributed by atoms with E-state index in [9.17, 15) is 28.2 Å². The number of hydrogen-bond donors (Lipinski definition) is 2. The van der Waals surface area contributed by atoms with E-state index in [1.54, 1.807) is 0 Å². The van der Waals surface area contributed by atoms with Gasteiger partial charge in [-0.15, -0.1) is 0 Å². The monoisotopic (exact) mass is 356 g/mol. The van der Waals surface area contributed by atoms with Crippen LogP contribution in [0.4, 0.5) is 13.2 Å². The molecule has 0 heterocycles. The number of rotatable bonds is 4. The second-order valence-corrected chi connectivity index (χ2v) is 4.88. The lowest BCUT2D eigenvalue weighted by Gasteiger charge is -2.19.